The molecule has 2 bridgehead atoms. The summed E-state index contributed by atoms with van der Waals surface area (Å²) in [5.41, 5.74) is -1.73. The number of hydrogen-bond acceptors (Lipinski definition) is 19. The fraction of sp³-hybridized carbons (Fsp3) is 0.939. The fourth-order valence-electron chi connectivity index (χ4n) is 16.1. The van der Waals surface area contributed by atoms with E-state index in [9.17, 15) is 50.8 Å². The van der Waals surface area contributed by atoms with Gasteiger partial charge in [0.25, 0.3) is 0 Å². The predicted octanol–water partition coefficient (Wildman–Crippen LogP) is 0.393. The SMILES string of the molecule is C=C(C)C(C)[C@@H]1O[C@@]23C[C@@]4(CO2)C(CCC2[C@]5(C)CC[C@@H](O[C@H]6OC[C@@H](O)[C@@H](O[C@H]7O[C@@H](CO)[C@H](O)[C@@H](O)[C@@H]7O)[C@@H]6O[C@H]6O[C@H](CO)[C@@H](O)[C@@H]6O)C(C)(C)C5CC[C@@]24C)C3[C@](C)(O)[C@H]1OC(C)=O. The third-order valence-corrected chi connectivity index (χ3v) is 19.6. The van der Waals surface area contributed by atoms with Crippen molar-refractivity contribution in [2.75, 3.05) is 26.4 Å². The highest BCUT2D eigenvalue weighted by Crippen LogP contribution is 2.80. The van der Waals surface area contributed by atoms with Crippen molar-refractivity contribution in [2.24, 2.45) is 51.2 Å². The molecule has 0 aromatic rings. The number of carbonyl (C=O) groups is 1. The molecule has 4 saturated carbocycles. The van der Waals surface area contributed by atoms with Crippen LogP contribution in [-0.2, 0) is 47.4 Å². The minimum absolute atomic E-state index is 0.0597. The van der Waals surface area contributed by atoms with Gasteiger partial charge in [-0.2, -0.15) is 0 Å². The van der Waals surface area contributed by atoms with Crippen molar-refractivity contribution in [1.29, 1.82) is 0 Å². The van der Waals surface area contributed by atoms with Crippen molar-refractivity contribution in [2.45, 2.75) is 210 Å². The second-order valence-corrected chi connectivity index (χ2v) is 23.5. The molecule has 388 valence electrons. The number of carbonyl (C=O) groups excluding carboxylic acids is 1. The lowest BCUT2D eigenvalue weighted by molar-refractivity contribution is -0.378. The van der Waals surface area contributed by atoms with Crippen molar-refractivity contribution < 1.29 is 93.4 Å². The molecule has 4 aliphatic carbocycles. The summed E-state index contributed by atoms with van der Waals surface area (Å²) in [6.45, 7) is 19.4. The van der Waals surface area contributed by atoms with Crippen LogP contribution in [0.2, 0.25) is 0 Å². The molecule has 5 heterocycles. The van der Waals surface area contributed by atoms with Gasteiger partial charge in [-0.15, -0.1) is 0 Å². The average Bonchev–Trinajstić information content (AvgIpc) is 3.90. The van der Waals surface area contributed by atoms with E-state index in [2.05, 4.69) is 34.3 Å². The Morgan fingerprint density at radius 3 is 2.00 bits per heavy atom. The summed E-state index contributed by atoms with van der Waals surface area (Å²) < 4.78 is 56.9. The Hall–Kier alpha value is -1.47. The molecule has 2 spiro atoms. The van der Waals surface area contributed by atoms with Crippen LogP contribution in [0.4, 0.5) is 0 Å². The predicted molar refractivity (Wildman–Crippen MR) is 234 cm³/mol. The Kier molecular flexibility index (Phi) is 13.5. The molecule has 9 aliphatic rings. The molecule has 9 fully saturated rings. The maximum Gasteiger partial charge on any atom is 0.303 e. The zero-order valence-electron chi connectivity index (χ0n) is 40.7. The molecular formula is C49H78O19. The molecule has 26 atom stereocenters. The van der Waals surface area contributed by atoms with E-state index in [1.165, 1.54) is 6.92 Å². The summed E-state index contributed by atoms with van der Waals surface area (Å²) in [5, 5.41) is 97.5. The van der Waals surface area contributed by atoms with Crippen LogP contribution in [0.5, 0.6) is 0 Å². The molecular weight excluding hydrogens is 893 g/mol. The minimum Gasteiger partial charge on any atom is -0.457 e. The Morgan fingerprint density at radius 1 is 0.765 bits per heavy atom. The van der Waals surface area contributed by atoms with Gasteiger partial charge in [-0.25, -0.2) is 0 Å². The van der Waals surface area contributed by atoms with E-state index in [-0.39, 0.29) is 46.5 Å². The van der Waals surface area contributed by atoms with Crippen LogP contribution >= 0.6 is 0 Å². The molecule has 68 heavy (non-hydrogen) atoms. The van der Waals surface area contributed by atoms with Crippen LogP contribution in [-0.4, -0.2) is 188 Å². The van der Waals surface area contributed by atoms with Gasteiger partial charge in [-0.1, -0.05) is 46.8 Å². The molecule has 0 amide bonds. The van der Waals surface area contributed by atoms with Crippen LogP contribution in [0.25, 0.3) is 0 Å². The fourth-order valence-corrected chi connectivity index (χ4v) is 16.1. The Labute approximate surface area is 398 Å². The summed E-state index contributed by atoms with van der Waals surface area (Å²) in [6, 6.07) is 0. The van der Waals surface area contributed by atoms with E-state index in [1.807, 2.05) is 13.8 Å². The largest absolute Gasteiger partial charge is 0.457 e. The summed E-state index contributed by atoms with van der Waals surface area (Å²) >= 11 is 0. The van der Waals surface area contributed by atoms with Gasteiger partial charge in [0.1, 0.15) is 72.7 Å². The van der Waals surface area contributed by atoms with Crippen molar-refractivity contribution in [3.8, 4) is 0 Å². The molecule has 0 aromatic heterocycles. The molecule has 9 rings (SSSR count). The Morgan fingerprint density at radius 2 is 1.38 bits per heavy atom. The van der Waals surface area contributed by atoms with Crippen molar-refractivity contribution in [3.05, 3.63) is 12.2 Å². The molecule has 0 radical (unpaired) electrons. The number of fused-ring (bicyclic) bond motifs is 4. The third-order valence-electron chi connectivity index (χ3n) is 19.6. The lowest BCUT2D eigenvalue weighted by atomic mass is 9.35. The van der Waals surface area contributed by atoms with Gasteiger partial charge < -0.3 is 88.6 Å². The molecule has 19 heteroatoms. The summed E-state index contributed by atoms with van der Waals surface area (Å²) in [7, 11) is 0. The quantitative estimate of drug-likeness (QED) is 0.0770. The van der Waals surface area contributed by atoms with E-state index >= 15 is 0 Å². The van der Waals surface area contributed by atoms with Crippen molar-refractivity contribution >= 4 is 5.97 Å². The number of hydrogen-bond donors (Lipinski definition) is 9. The van der Waals surface area contributed by atoms with E-state index in [4.69, 9.17) is 42.6 Å². The number of esters is 1. The maximum atomic E-state index is 12.8. The van der Waals surface area contributed by atoms with E-state index in [0.29, 0.717) is 19.4 Å². The maximum absolute atomic E-state index is 12.8. The molecule has 5 saturated heterocycles. The summed E-state index contributed by atoms with van der Waals surface area (Å²) in [6.07, 6.45) is -16.1. The normalized spacial score (nSPS) is 55.4. The lowest BCUT2D eigenvalue weighted by Gasteiger charge is -2.70. The summed E-state index contributed by atoms with van der Waals surface area (Å²) in [4.78, 5) is 12.6. The zero-order chi connectivity index (χ0) is 49.4. The highest BCUT2D eigenvalue weighted by atomic mass is 16.8. The number of ether oxygens (including phenoxy) is 9. The van der Waals surface area contributed by atoms with Crippen LogP contribution in [0.1, 0.15) is 100 Å². The van der Waals surface area contributed by atoms with Gasteiger partial charge >= 0.3 is 5.97 Å². The van der Waals surface area contributed by atoms with Crippen LogP contribution < -0.4 is 0 Å². The van der Waals surface area contributed by atoms with Crippen LogP contribution in [0.3, 0.4) is 0 Å². The highest BCUT2D eigenvalue weighted by molar-refractivity contribution is 5.66. The van der Waals surface area contributed by atoms with E-state index in [0.717, 1.165) is 37.7 Å². The lowest BCUT2D eigenvalue weighted by Crippen LogP contribution is -2.71. The van der Waals surface area contributed by atoms with Gasteiger partial charge in [0, 0.05) is 30.6 Å². The number of aliphatic hydroxyl groups is 9. The van der Waals surface area contributed by atoms with Gasteiger partial charge in [0.15, 0.2) is 30.8 Å². The first kappa shape index (κ1) is 51.4. The smallest absolute Gasteiger partial charge is 0.303 e. The first-order valence-electron chi connectivity index (χ1n) is 24.9. The molecule has 5 aliphatic heterocycles. The average molecular weight is 971 g/mol. The van der Waals surface area contributed by atoms with Crippen molar-refractivity contribution in [1.82, 2.24) is 0 Å². The van der Waals surface area contributed by atoms with E-state index < -0.39 is 140 Å². The van der Waals surface area contributed by atoms with Crippen molar-refractivity contribution in [3.63, 3.8) is 0 Å². The van der Waals surface area contributed by atoms with Gasteiger partial charge in [0.2, 0.25) is 0 Å². The third kappa shape index (κ3) is 7.57. The Bertz CT molecular complexity index is 1880. The monoisotopic (exact) mass is 971 g/mol. The Balaban J connectivity index is 0.978. The molecule has 19 nitrogen and oxygen atoms in total. The number of rotatable bonds is 11. The minimum atomic E-state index is -1.81. The highest BCUT2D eigenvalue weighted by Gasteiger charge is 2.82. The first-order valence-corrected chi connectivity index (χ1v) is 24.9. The zero-order valence-corrected chi connectivity index (χ0v) is 40.7. The second kappa shape index (κ2) is 17.9. The van der Waals surface area contributed by atoms with Gasteiger partial charge in [-0.3, -0.25) is 4.79 Å². The second-order valence-electron chi connectivity index (χ2n) is 23.5. The molecule has 0 aromatic carbocycles. The standard InChI is InChI=1S/C49H78O19/c1-21(2)22(3)36-40(62-23(4)52)47(9,59)39-24-10-11-29-45(7)14-13-30(44(5,6)28(45)12-15-46(29,8)48(24)19-49(39,68-36)61-20-48)65-43-38(67-41-34(57)32(55)27(17-51)64-41)37(25(53)18-60-43)66-42-35(58)33(56)31(54)26(16-50)63-42/h22,24-43,50-51,53-59H,1,10-20H2,2-9H3/t22?,24?,25-,26+,27-,28?,29?,30-,31+,32-,33-,34+,35+,36+,37-,38+,39?,40+,41-,42-,43-,45-,46+,47+,48-,49-/m1/s1. The topological polar surface area (TPSA) is 282 Å². The summed E-state index contributed by atoms with van der Waals surface area (Å²) in [5.74, 6) is -1.69. The molecule has 5 unspecified atom stereocenters. The number of aliphatic hydroxyl groups excluding tert-OH is 8. The van der Waals surface area contributed by atoms with Gasteiger partial charge in [0.05, 0.1) is 32.5 Å². The van der Waals surface area contributed by atoms with E-state index in [1.54, 1.807) is 6.92 Å². The van der Waals surface area contributed by atoms with Crippen LogP contribution in [0, 0.1) is 51.2 Å². The molecule has 9 N–H and O–H groups in total. The van der Waals surface area contributed by atoms with Gasteiger partial charge in [-0.05, 0) is 86.4 Å². The first-order chi connectivity index (χ1) is 31.8. The van der Waals surface area contributed by atoms with Crippen LogP contribution in [0.15, 0.2) is 12.2 Å².